The lowest BCUT2D eigenvalue weighted by Crippen LogP contribution is -2.18. The number of ether oxygens (including phenoxy) is 2. The first kappa shape index (κ1) is 22.8. The second-order valence-electron chi connectivity index (χ2n) is 8.64. The van der Waals surface area contributed by atoms with Gasteiger partial charge in [-0.3, -0.25) is 0 Å². The maximum Gasteiger partial charge on any atom is 0.145 e. The maximum atomic E-state index is 5.49. The van der Waals surface area contributed by atoms with Gasteiger partial charge in [0, 0.05) is 25.3 Å². The Labute approximate surface area is 197 Å². The Balaban J connectivity index is 0.000000118. The molecule has 3 aliphatic rings. The summed E-state index contributed by atoms with van der Waals surface area (Å²) in [6, 6.07) is 18.9. The summed E-state index contributed by atoms with van der Waals surface area (Å²) in [6.45, 7) is 10.8. The molecule has 3 aromatic rings. The van der Waals surface area contributed by atoms with Crippen LogP contribution in [0.15, 0.2) is 54.6 Å². The average Bonchev–Trinajstić information content (AvgIpc) is 2.86. The Bertz CT molecular complexity index is 1020. The van der Waals surface area contributed by atoms with E-state index in [4.69, 9.17) is 9.47 Å². The van der Waals surface area contributed by atoms with Crippen molar-refractivity contribution in [3.63, 3.8) is 0 Å². The summed E-state index contributed by atoms with van der Waals surface area (Å²) in [7, 11) is 0. The standard InChI is InChI=1S/C10H13N.2C9H11NO/c1-8-4-2-5-9-6-3-7-11-10(8)9;1-7-2-3-8-9(6-7)11-5-4-10-8;1-7-3-2-4-8-9(7)11-6-5-10-8/h2,4-5,11H,3,6-7H2,1H3;2-3,6,10H,4-5H2,1H3;2-4,10H,5-6H2,1H3. The molecule has 0 fully saturated rings. The molecule has 33 heavy (non-hydrogen) atoms. The third-order valence-electron chi connectivity index (χ3n) is 5.97. The second-order valence-corrected chi connectivity index (χ2v) is 8.64. The summed E-state index contributed by atoms with van der Waals surface area (Å²) in [4.78, 5) is 0. The molecule has 0 saturated heterocycles. The van der Waals surface area contributed by atoms with Crippen LogP contribution in [0.2, 0.25) is 0 Å². The smallest absolute Gasteiger partial charge is 0.145 e. The van der Waals surface area contributed by atoms with E-state index in [1.165, 1.54) is 40.8 Å². The fourth-order valence-corrected chi connectivity index (χ4v) is 4.25. The molecule has 3 aliphatic heterocycles. The number of rotatable bonds is 0. The molecule has 0 aromatic heterocycles. The van der Waals surface area contributed by atoms with Gasteiger partial charge in [0.15, 0.2) is 0 Å². The lowest BCUT2D eigenvalue weighted by Gasteiger charge is -2.20. The van der Waals surface area contributed by atoms with Crippen LogP contribution >= 0.6 is 0 Å². The zero-order chi connectivity index (χ0) is 23.0. The van der Waals surface area contributed by atoms with Gasteiger partial charge in [-0.25, -0.2) is 0 Å². The van der Waals surface area contributed by atoms with Crippen molar-refractivity contribution >= 4 is 17.1 Å². The predicted octanol–water partition coefficient (Wildman–Crippen LogP) is 5.95. The molecule has 0 radical (unpaired) electrons. The molecule has 0 spiro atoms. The van der Waals surface area contributed by atoms with E-state index in [0.29, 0.717) is 0 Å². The summed E-state index contributed by atoms with van der Waals surface area (Å²) in [5.74, 6) is 2.00. The molecule has 174 valence electrons. The molecule has 3 aromatic carbocycles. The van der Waals surface area contributed by atoms with E-state index in [-0.39, 0.29) is 0 Å². The zero-order valence-electron chi connectivity index (χ0n) is 20.0. The highest BCUT2D eigenvalue weighted by molar-refractivity contribution is 5.61. The van der Waals surface area contributed by atoms with Crippen molar-refractivity contribution in [3.05, 3.63) is 76.9 Å². The van der Waals surface area contributed by atoms with E-state index in [1.807, 2.05) is 12.1 Å². The van der Waals surface area contributed by atoms with Crippen molar-refractivity contribution in [2.45, 2.75) is 33.6 Å². The van der Waals surface area contributed by atoms with Crippen LogP contribution in [0.3, 0.4) is 0 Å². The maximum absolute atomic E-state index is 5.49. The molecule has 3 heterocycles. The number of nitrogens with one attached hydrogen (secondary N) is 3. The third kappa shape index (κ3) is 5.92. The number of benzene rings is 3. The van der Waals surface area contributed by atoms with E-state index in [9.17, 15) is 0 Å². The van der Waals surface area contributed by atoms with Gasteiger partial charge in [-0.1, -0.05) is 36.4 Å². The van der Waals surface area contributed by atoms with Crippen molar-refractivity contribution in [1.29, 1.82) is 0 Å². The average molecular weight is 446 g/mol. The Kier molecular flexibility index (Phi) is 7.61. The minimum absolute atomic E-state index is 0.774. The lowest BCUT2D eigenvalue weighted by molar-refractivity contribution is 0.321. The van der Waals surface area contributed by atoms with Crippen LogP contribution in [0.5, 0.6) is 11.5 Å². The topological polar surface area (TPSA) is 54.5 Å². The van der Waals surface area contributed by atoms with Gasteiger partial charge in [-0.2, -0.15) is 0 Å². The van der Waals surface area contributed by atoms with E-state index in [1.54, 1.807) is 0 Å². The van der Waals surface area contributed by atoms with Gasteiger partial charge in [0.2, 0.25) is 0 Å². The van der Waals surface area contributed by atoms with Crippen molar-refractivity contribution < 1.29 is 9.47 Å². The monoisotopic (exact) mass is 445 g/mol. The Morgan fingerprint density at radius 1 is 0.697 bits per heavy atom. The van der Waals surface area contributed by atoms with Gasteiger partial charge in [0.25, 0.3) is 0 Å². The fraction of sp³-hybridized carbons (Fsp3) is 0.357. The summed E-state index contributed by atoms with van der Waals surface area (Å²) >= 11 is 0. The number of anilines is 3. The molecule has 0 amide bonds. The van der Waals surface area contributed by atoms with Crippen LogP contribution in [0.25, 0.3) is 0 Å². The van der Waals surface area contributed by atoms with Gasteiger partial charge in [0.1, 0.15) is 24.7 Å². The van der Waals surface area contributed by atoms with Crippen molar-refractivity contribution in [2.24, 2.45) is 0 Å². The Hall–Kier alpha value is -3.34. The first-order valence-electron chi connectivity index (χ1n) is 11.9. The number of hydrogen-bond acceptors (Lipinski definition) is 5. The molecule has 5 heteroatoms. The molecular weight excluding hydrogens is 410 g/mol. The molecule has 6 rings (SSSR count). The van der Waals surface area contributed by atoms with Crippen LogP contribution in [0.4, 0.5) is 17.1 Å². The molecule has 5 nitrogen and oxygen atoms in total. The first-order chi connectivity index (χ1) is 16.1. The molecular formula is C28H35N3O2. The van der Waals surface area contributed by atoms with Gasteiger partial charge >= 0.3 is 0 Å². The highest BCUT2D eigenvalue weighted by atomic mass is 16.5. The predicted molar refractivity (Wildman–Crippen MR) is 138 cm³/mol. The number of aryl methyl sites for hydroxylation is 4. The number of fused-ring (bicyclic) bond motifs is 3. The zero-order valence-corrected chi connectivity index (χ0v) is 20.0. The Morgan fingerprint density at radius 3 is 2.27 bits per heavy atom. The summed E-state index contributed by atoms with van der Waals surface area (Å²) in [5.41, 5.74) is 8.91. The van der Waals surface area contributed by atoms with Gasteiger partial charge in [-0.15, -0.1) is 0 Å². The summed E-state index contributed by atoms with van der Waals surface area (Å²) < 4.78 is 10.9. The highest BCUT2D eigenvalue weighted by Crippen LogP contribution is 2.30. The fourth-order valence-electron chi connectivity index (χ4n) is 4.25. The van der Waals surface area contributed by atoms with E-state index < -0.39 is 0 Å². The Morgan fingerprint density at radius 2 is 1.45 bits per heavy atom. The van der Waals surface area contributed by atoms with E-state index in [2.05, 4.69) is 79.2 Å². The summed E-state index contributed by atoms with van der Waals surface area (Å²) in [5, 5.41) is 9.97. The van der Waals surface area contributed by atoms with Crippen molar-refractivity contribution in [1.82, 2.24) is 0 Å². The van der Waals surface area contributed by atoms with Crippen LogP contribution in [0, 0.1) is 20.8 Å². The quantitative estimate of drug-likeness (QED) is 0.399. The minimum Gasteiger partial charge on any atom is -0.490 e. The van der Waals surface area contributed by atoms with Crippen LogP contribution < -0.4 is 25.4 Å². The molecule has 3 N–H and O–H groups in total. The van der Waals surface area contributed by atoms with Gasteiger partial charge < -0.3 is 25.4 Å². The van der Waals surface area contributed by atoms with Crippen LogP contribution in [-0.2, 0) is 6.42 Å². The molecule has 0 atom stereocenters. The number of para-hydroxylation sites is 2. The molecule has 0 aliphatic carbocycles. The number of hydrogen-bond donors (Lipinski definition) is 3. The molecule has 0 bridgehead atoms. The summed E-state index contributed by atoms with van der Waals surface area (Å²) in [6.07, 6.45) is 2.51. The van der Waals surface area contributed by atoms with Gasteiger partial charge in [0.05, 0.1) is 11.4 Å². The van der Waals surface area contributed by atoms with Crippen LogP contribution in [-0.4, -0.2) is 32.8 Å². The minimum atomic E-state index is 0.774. The van der Waals surface area contributed by atoms with Crippen molar-refractivity contribution in [3.8, 4) is 11.5 Å². The second kappa shape index (κ2) is 11.0. The highest BCUT2D eigenvalue weighted by Gasteiger charge is 2.10. The lowest BCUT2D eigenvalue weighted by atomic mass is 10.0. The third-order valence-corrected chi connectivity index (χ3v) is 5.97. The SMILES string of the molecule is Cc1ccc2c(c1)OCCN2.Cc1cccc2c1NCCC2.Cc1cccc2c1OCCN2. The van der Waals surface area contributed by atoms with Crippen molar-refractivity contribution in [2.75, 3.05) is 48.8 Å². The van der Waals surface area contributed by atoms with E-state index >= 15 is 0 Å². The normalized spacial score (nSPS) is 14.9. The molecule has 0 saturated carbocycles. The first-order valence-corrected chi connectivity index (χ1v) is 11.9. The van der Waals surface area contributed by atoms with Gasteiger partial charge in [-0.05, 0) is 74.1 Å². The molecule has 0 unspecified atom stereocenters. The van der Waals surface area contributed by atoms with E-state index in [0.717, 1.165) is 55.7 Å². The van der Waals surface area contributed by atoms with Crippen LogP contribution in [0.1, 0.15) is 28.7 Å². The largest absolute Gasteiger partial charge is 0.490 e.